The van der Waals surface area contributed by atoms with E-state index >= 15 is 0 Å². The third-order valence-electron chi connectivity index (χ3n) is 2.63. The van der Waals surface area contributed by atoms with Crippen LogP contribution in [-0.4, -0.2) is 40.8 Å². The molecule has 0 aliphatic carbocycles. The molecule has 5 nitrogen and oxygen atoms in total. The summed E-state index contributed by atoms with van der Waals surface area (Å²) in [5, 5.41) is 7.95. The maximum absolute atomic E-state index is 12.1. The molecule has 0 spiro atoms. The third-order valence-corrected chi connectivity index (χ3v) is 3.41. The molecule has 0 fully saturated rings. The molecule has 18 heavy (non-hydrogen) atoms. The van der Waals surface area contributed by atoms with Gasteiger partial charge in [0, 0.05) is 31.6 Å². The highest BCUT2D eigenvalue weighted by atomic mass is 79.9. The number of hydrogen-bond donors (Lipinski definition) is 1. The van der Waals surface area contributed by atoms with E-state index in [1.54, 1.807) is 17.9 Å². The molecule has 102 valence electrons. The van der Waals surface area contributed by atoms with Crippen molar-refractivity contribution >= 4 is 21.8 Å². The van der Waals surface area contributed by atoms with Gasteiger partial charge in [-0.15, -0.1) is 0 Å². The SMILES string of the molecule is CCn1nc(C)cc1C(=O)NC(CBr)CCOC. The Kier molecular flexibility index (Phi) is 6.35. The highest BCUT2D eigenvalue weighted by Gasteiger charge is 2.16. The topological polar surface area (TPSA) is 56.2 Å². The van der Waals surface area contributed by atoms with E-state index in [-0.39, 0.29) is 11.9 Å². The molecule has 1 unspecified atom stereocenters. The van der Waals surface area contributed by atoms with Gasteiger partial charge in [0.2, 0.25) is 0 Å². The second kappa shape index (κ2) is 7.53. The maximum Gasteiger partial charge on any atom is 0.269 e. The third kappa shape index (κ3) is 4.10. The number of aromatic nitrogens is 2. The first kappa shape index (κ1) is 15.2. The van der Waals surface area contributed by atoms with E-state index in [9.17, 15) is 4.79 Å². The standard InChI is InChI=1S/C12H20BrN3O2/c1-4-16-11(7-9(2)15-16)12(17)14-10(8-13)5-6-18-3/h7,10H,4-6,8H2,1-3H3,(H,14,17). The highest BCUT2D eigenvalue weighted by Crippen LogP contribution is 2.06. The molecular formula is C12H20BrN3O2. The summed E-state index contributed by atoms with van der Waals surface area (Å²) < 4.78 is 6.74. The number of halogens is 1. The predicted molar refractivity (Wildman–Crippen MR) is 74.2 cm³/mol. The van der Waals surface area contributed by atoms with E-state index in [0.717, 1.165) is 12.1 Å². The van der Waals surface area contributed by atoms with Crippen LogP contribution in [0.4, 0.5) is 0 Å². The van der Waals surface area contributed by atoms with Gasteiger partial charge in [-0.3, -0.25) is 9.48 Å². The summed E-state index contributed by atoms with van der Waals surface area (Å²) in [6.07, 6.45) is 0.784. The smallest absolute Gasteiger partial charge is 0.269 e. The van der Waals surface area contributed by atoms with Gasteiger partial charge in [-0.05, 0) is 26.3 Å². The number of alkyl halides is 1. The minimum Gasteiger partial charge on any atom is -0.385 e. The predicted octanol–water partition coefficient (Wildman–Crippen LogP) is 1.74. The second-order valence-corrected chi connectivity index (χ2v) is 4.74. The molecule has 0 saturated carbocycles. The fourth-order valence-electron chi connectivity index (χ4n) is 1.68. The van der Waals surface area contributed by atoms with Gasteiger partial charge < -0.3 is 10.1 Å². The van der Waals surface area contributed by atoms with Gasteiger partial charge >= 0.3 is 0 Å². The van der Waals surface area contributed by atoms with Crippen molar-refractivity contribution in [3.63, 3.8) is 0 Å². The minimum absolute atomic E-state index is 0.0676. The molecular weight excluding hydrogens is 298 g/mol. The van der Waals surface area contributed by atoms with E-state index in [1.807, 2.05) is 13.8 Å². The minimum atomic E-state index is -0.0852. The Labute approximate surface area is 116 Å². The Morgan fingerprint density at radius 3 is 2.94 bits per heavy atom. The number of ether oxygens (including phenoxy) is 1. The number of carbonyl (C=O) groups excluding carboxylic acids is 1. The lowest BCUT2D eigenvalue weighted by molar-refractivity contribution is 0.0920. The van der Waals surface area contributed by atoms with Gasteiger partial charge in [0.05, 0.1) is 5.69 Å². The normalized spacial score (nSPS) is 12.4. The van der Waals surface area contributed by atoms with Crippen molar-refractivity contribution in [3.05, 3.63) is 17.5 Å². The first-order valence-electron chi connectivity index (χ1n) is 6.02. The molecule has 0 aliphatic rings. The molecule has 1 heterocycles. The molecule has 0 radical (unpaired) electrons. The molecule has 1 aromatic rings. The summed E-state index contributed by atoms with van der Waals surface area (Å²) in [5.41, 5.74) is 1.47. The van der Waals surface area contributed by atoms with Crippen LogP contribution in [-0.2, 0) is 11.3 Å². The Morgan fingerprint density at radius 1 is 1.67 bits per heavy atom. The zero-order chi connectivity index (χ0) is 13.5. The molecule has 1 aromatic heterocycles. The number of amides is 1. The van der Waals surface area contributed by atoms with E-state index in [2.05, 4.69) is 26.3 Å². The largest absolute Gasteiger partial charge is 0.385 e. The molecule has 0 aliphatic heterocycles. The fraction of sp³-hybridized carbons (Fsp3) is 0.667. The van der Waals surface area contributed by atoms with Crippen LogP contribution in [0.5, 0.6) is 0 Å². The van der Waals surface area contributed by atoms with Crippen molar-refractivity contribution in [3.8, 4) is 0 Å². The van der Waals surface area contributed by atoms with Crippen molar-refractivity contribution in [2.75, 3.05) is 19.0 Å². The van der Waals surface area contributed by atoms with Gasteiger partial charge in [0.25, 0.3) is 5.91 Å². The van der Waals surface area contributed by atoms with Gasteiger partial charge in [0.15, 0.2) is 0 Å². The molecule has 1 amide bonds. The summed E-state index contributed by atoms with van der Waals surface area (Å²) >= 11 is 3.40. The average Bonchev–Trinajstić information content (AvgIpc) is 2.75. The van der Waals surface area contributed by atoms with E-state index < -0.39 is 0 Å². The van der Waals surface area contributed by atoms with Crippen LogP contribution in [0.2, 0.25) is 0 Å². The lowest BCUT2D eigenvalue weighted by Crippen LogP contribution is -2.37. The van der Waals surface area contributed by atoms with E-state index in [4.69, 9.17) is 4.74 Å². The monoisotopic (exact) mass is 317 g/mol. The van der Waals surface area contributed by atoms with Crippen LogP contribution in [0.1, 0.15) is 29.5 Å². The number of hydrogen-bond acceptors (Lipinski definition) is 3. The molecule has 6 heteroatoms. The molecule has 1 N–H and O–H groups in total. The van der Waals surface area contributed by atoms with E-state index in [1.165, 1.54) is 0 Å². The van der Waals surface area contributed by atoms with Crippen molar-refractivity contribution in [2.24, 2.45) is 0 Å². The molecule has 0 bridgehead atoms. The Balaban J connectivity index is 2.68. The van der Waals surface area contributed by atoms with Crippen LogP contribution in [0.3, 0.4) is 0 Å². The molecule has 0 aromatic carbocycles. The number of rotatable bonds is 7. The Bertz CT molecular complexity index is 393. The van der Waals surface area contributed by atoms with Crippen molar-refractivity contribution in [1.29, 1.82) is 0 Å². The fourth-order valence-corrected chi connectivity index (χ4v) is 2.16. The highest BCUT2D eigenvalue weighted by molar-refractivity contribution is 9.09. The van der Waals surface area contributed by atoms with Crippen LogP contribution < -0.4 is 5.32 Å². The lowest BCUT2D eigenvalue weighted by Gasteiger charge is -2.15. The van der Waals surface area contributed by atoms with Gasteiger partial charge in [-0.2, -0.15) is 5.10 Å². The molecule has 0 saturated heterocycles. The van der Waals surface area contributed by atoms with Crippen LogP contribution in [0.15, 0.2) is 6.07 Å². The second-order valence-electron chi connectivity index (χ2n) is 4.09. The van der Waals surface area contributed by atoms with Gasteiger partial charge in [-0.25, -0.2) is 0 Å². The summed E-state index contributed by atoms with van der Waals surface area (Å²) in [4.78, 5) is 12.1. The zero-order valence-electron chi connectivity index (χ0n) is 11.1. The van der Waals surface area contributed by atoms with Crippen LogP contribution in [0, 0.1) is 6.92 Å². The van der Waals surface area contributed by atoms with Crippen molar-refractivity contribution in [1.82, 2.24) is 15.1 Å². The van der Waals surface area contributed by atoms with Gasteiger partial charge in [0.1, 0.15) is 5.69 Å². The molecule has 1 atom stereocenters. The average molecular weight is 318 g/mol. The molecule has 1 rings (SSSR count). The van der Waals surface area contributed by atoms with Crippen LogP contribution in [0.25, 0.3) is 0 Å². The zero-order valence-corrected chi connectivity index (χ0v) is 12.7. The number of carbonyl (C=O) groups is 1. The van der Waals surface area contributed by atoms with E-state index in [0.29, 0.717) is 24.2 Å². The van der Waals surface area contributed by atoms with Gasteiger partial charge in [-0.1, -0.05) is 15.9 Å². The number of methoxy groups -OCH3 is 1. The maximum atomic E-state index is 12.1. The summed E-state index contributed by atoms with van der Waals surface area (Å²) in [6.45, 7) is 5.17. The lowest BCUT2D eigenvalue weighted by atomic mass is 10.2. The first-order chi connectivity index (χ1) is 8.62. The van der Waals surface area contributed by atoms with Crippen molar-refractivity contribution in [2.45, 2.75) is 32.9 Å². The first-order valence-corrected chi connectivity index (χ1v) is 7.14. The summed E-state index contributed by atoms with van der Waals surface area (Å²) in [5.74, 6) is -0.0852. The number of nitrogens with zero attached hydrogens (tertiary/aromatic N) is 2. The van der Waals surface area contributed by atoms with Crippen LogP contribution >= 0.6 is 15.9 Å². The Hall–Kier alpha value is -0.880. The van der Waals surface area contributed by atoms with Crippen molar-refractivity contribution < 1.29 is 9.53 Å². The number of aryl methyl sites for hydroxylation is 2. The quantitative estimate of drug-likeness (QED) is 0.779. The summed E-state index contributed by atoms with van der Waals surface area (Å²) in [6, 6.07) is 1.87. The summed E-state index contributed by atoms with van der Waals surface area (Å²) in [7, 11) is 1.66. The number of nitrogens with one attached hydrogen (secondary N) is 1. The Morgan fingerprint density at radius 2 is 2.39 bits per heavy atom.